The zero-order valence-electron chi connectivity index (χ0n) is 6.55. The molecule has 1 aliphatic heterocycles. The largest absolute Gasteiger partial charge is 0.391 e. The van der Waals surface area contributed by atoms with E-state index in [1.54, 1.807) is 0 Å². The highest BCUT2D eigenvalue weighted by atomic mass is 79.9. The summed E-state index contributed by atoms with van der Waals surface area (Å²) in [7, 11) is 0. The van der Waals surface area contributed by atoms with Crippen molar-refractivity contribution in [3.8, 4) is 0 Å². The molecule has 0 aromatic heterocycles. The van der Waals surface area contributed by atoms with Crippen LogP contribution in [-0.2, 0) is 6.42 Å². The zero-order valence-corrected chi connectivity index (χ0v) is 8.13. The Balaban J connectivity index is 2.37. The maximum absolute atomic E-state index is 9.37. The smallest absolute Gasteiger partial charge is 0.0753 e. The number of β-amino-alcohol motifs (C(OH)–C–C–N with tert-alkyl or cyclic N) is 1. The molecule has 2 rings (SSSR count). The molecule has 0 saturated heterocycles. The van der Waals surface area contributed by atoms with E-state index in [9.17, 15) is 5.11 Å². The van der Waals surface area contributed by atoms with Gasteiger partial charge in [0, 0.05) is 23.1 Å². The van der Waals surface area contributed by atoms with Crippen LogP contribution in [-0.4, -0.2) is 17.8 Å². The highest BCUT2D eigenvalue weighted by molar-refractivity contribution is 9.10. The molecule has 12 heavy (non-hydrogen) atoms. The Morgan fingerprint density at radius 2 is 2.33 bits per heavy atom. The normalized spacial score (nSPS) is 21.3. The summed E-state index contributed by atoms with van der Waals surface area (Å²) in [4.78, 5) is 0. The highest BCUT2D eigenvalue weighted by Crippen LogP contribution is 2.25. The Hall–Kier alpha value is -0.540. The Kier molecular flexibility index (Phi) is 2.07. The summed E-state index contributed by atoms with van der Waals surface area (Å²) in [6.07, 6.45) is 0.508. The quantitative estimate of drug-likeness (QED) is 0.709. The lowest BCUT2D eigenvalue weighted by Crippen LogP contribution is -2.27. The fourth-order valence-corrected chi connectivity index (χ4v) is 1.87. The molecule has 0 saturated carbocycles. The van der Waals surface area contributed by atoms with Crippen molar-refractivity contribution in [2.24, 2.45) is 0 Å². The fraction of sp³-hybridized carbons (Fsp3) is 0.333. The van der Waals surface area contributed by atoms with E-state index in [2.05, 4.69) is 21.2 Å². The summed E-state index contributed by atoms with van der Waals surface area (Å²) in [6.45, 7) is 0.661. The Morgan fingerprint density at radius 1 is 1.50 bits per heavy atom. The number of rotatable bonds is 0. The molecule has 64 valence electrons. The monoisotopic (exact) mass is 227 g/mol. The molecule has 0 fully saturated rings. The molecule has 2 N–H and O–H groups in total. The van der Waals surface area contributed by atoms with Gasteiger partial charge in [-0.2, -0.15) is 0 Å². The van der Waals surface area contributed by atoms with Gasteiger partial charge in [0.1, 0.15) is 0 Å². The van der Waals surface area contributed by atoms with Crippen molar-refractivity contribution >= 4 is 21.6 Å². The third kappa shape index (κ3) is 1.47. The van der Waals surface area contributed by atoms with Gasteiger partial charge in [-0.3, -0.25) is 0 Å². The summed E-state index contributed by atoms with van der Waals surface area (Å²) in [5.41, 5.74) is 2.33. The van der Waals surface area contributed by atoms with Crippen molar-refractivity contribution < 1.29 is 5.11 Å². The second kappa shape index (κ2) is 3.07. The Labute approximate surface area is 79.7 Å². The van der Waals surface area contributed by atoms with Gasteiger partial charge in [-0.25, -0.2) is 0 Å². The molecule has 2 nitrogen and oxygen atoms in total. The van der Waals surface area contributed by atoms with Crippen molar-refractivity contribution in [3.05, 3.63) is 28.2 Å². The molecule has 1 aromatic rings. The number of halogens is 1. The molecular weight excluding hydrogens is 218 g/mol. The number of anilines is 1. The summed E-state index contributed by atoms with van der Waals surface area (Å²) < 4.78 is 1.07. The van der Waals surface area contributed by atoms with E-state index in [0.717, 1.165) is 16.6 Å². The first-order chi connectivity index (χ1) is 5.75. The van der Waals surface area contributed by atoms with Gasteiger partial charge in [0.2, 0.25) is 0 Å². The van der Waals surface area contributed by atoms with Crippen molar-refractivity contribution in [1.29, 1.82) is 0 Å². The van der Waals surface area contributed by atoms with Crippen molar-refractivity contribution in [2.75, 3.05) is 11.9 Å². The van der Waals surface area contributed by atoms with Gasteiger partial charge in [-0.1, -0.05) is 15.9 Å². The SMILES string of the molecule is OC1CNc2ccc(Br)cc2C1. The number of nitrogens with one attached hydrogen (secondary N) is 1. The Morgan fingerprint density at radius 3 is 3.17 bits per heavy atom. The summed E-state index contributed by atoms with van der Waals surface area (Å²) in [6, 6.07) is 6.08. The van der Waals surface area contributed by atoms with E-state index >= 15 is 0 Å². The van der Waals surface area contributed by atoms with Gasteiger partial charge in [-0.15, -0.1) is 0 Å². The standard InChI is InChI=1S/C9H10BrNO/c10-7-1-2-9-6(3-7)4-8(12)5-11-9/h1-3,8,11-12H,4-5H2. The molecule has 0 bridgehead atoms. The number of fused-ring (bicyclic) bond motifs is 1. The van der Waals surface area contributed by atoms with Gasteiger partial charge in [-0.05, 0) is 23.8 Å². The average Bonchev–Trinajstić information content (AvgIpc) is 2.03. The minimum absolute atomic E-state index is 0.244. The summed E-state index contributed by atoms with van der Waals surface area (Å²) in [5, 5.41) is 12.5. The molecule has 0 aliphatic carbocycles. The number of hydrogen-bond donors (Lipinski definition) is 2. The van der Waals surface area contributed by atoms with Gasteiger partial charge < -0.3 is 10.4 Å². The maximum Gasteiger partial charge on any atom is 0.0753 e. The number of aliphatic hydroxyl groups excluding tert-OH is 1. The molecule has 3 heteroatoms. The van der Waals surface area contributed by atoms with Crippen LogP contribution in [0.5, 0.6) is 0 Å². The van der Waals surface area contributed by atoms with E-state index in [4.69, 9.17) is 0 Å². The molecule has 1 atom stereocenters. The second-order valence-corrected chi connectivity index (χ2v) is 3.96. The van der Waals surface area contributed by atoms with Crippen LogP contribution in [0, 0.1) is 0 Å². The topological polar surface area (TPSA) is 32.3 Å². The molecule has 0 radical (unpaired) electrons. The molecule has 0 amide bonds. The predicted octanol–water partition coefficient (Wildman–Crippen LogP) is 1.78. The van der Waals surface area contributed by atoms with E-state index in [0.29, 0.717) is 6.54 Å². The lowest BCUT2D eigenvalue weighted by Gasteiger charge is -2.22. The minimum Gasteiger partial charge on any atom is -0.391 e. The average molecular weight is 228 g/mol. The fourth-order valence-electron chi connectivity index (χ4n) is 1.46. The molecule has 1 heterocycles. The van der Waals surface area contributed by atoms with E-state index in [1.807, 2.05) is 18.2 Å². The van der Waals surface area contributed by atoms with Crippen LogP contribution in [0.2, 0.25) is 0 Å². The van der Waals surface area contributed by atoms with Crippen LogP contribution in [0.15, 0.2) is 22.7 Å². The van der Waals surface area contributed by atoms with Crippen LogP contribution >= 0.6 is 15.9 Å². The molecule has 0 spiro atoms. The van der Waals surface area contributed by atoms with Gasteiger partial charge in [0.25, 0.3) is 0 Å². The molecular formula is C9H10BrNO. The predicted molar refractivity (Wildman–Crippen MR) is 52.3 cm³/mol. The number of hydrogen-bond acceptors (Lipinski definition) is 2. The summed E-state index contributed by atoms with van der Waals surface area (Å²) >= 11 is 3.40. The van der Waals surface area contributed by atoms with Crippen LogP contribution in [0.25, 0.3) is 0 Å². The van der Waals surface area contributed by atoms with E-state index in [1.165, 1.54) is 5.56 Å². The molecule has 1 aromatic carbocycles. The van der Waals surface area contributed by atoms with Crippen LogP contribution in [0.4, 0.5) is 5.69 Å². The summed E-state index contributed by atoms with van der Waals surface area (Å²) in [5.74, 6) is 0. The first-order valence-electron chi connectivity index (χ1n) is 3.96. The zero-order chi connectivity index (χ0) is 8.55. The number of benzene rings is 1. The minimum atomic E-state index is -0.244. The van der Waals surface area contributed by atoms with Crippen LogP contribution < -0.4 is 5.32 Å². The van der Waals surface area contributed by atoms with Gasteiger partial charge >= 0.3 is 0 Å². The molecule has 1 unspecified atom stereocenters. The third-order valence-corrected chi connectivity index (χ3v) is 2.54. The van der Waals surface area contributed by atoms with Crippen LogP contribution in [0.1, 0.15) is 5.56 Å². The first-order valence-corrected chi connectivity index (χ1v) is 4.75. The lowest BCUT2D eigenvalue weighted by molar-refractivity contribution is 0.184. The molecule has 1 aliphatic rings. The van der Waals surface area contributed by atoms with Crippen LogP contribution in [0.3, 0.4) is 0 Å². The van der Waals surface area contributed by atoms with Gasteiger partial charge in [0.05, 0.1) is 6.10 Å². The van der Waals surface area contributed by atoms with E-state index in [-0.39, 0.29) is 6.10 Å². The van der Waals surface area contributed by atoms with Crippen molar-refractivity contribution in [2.45, 2.75) is 12.5 Å². The second-order valence-electron chi connectivity index (χ2n) is 3.04. The van der Waals surface area contributed by atoms with Crippen molar-refractivity contribution in [3.63, 3.8) is 0 Å². The Bertz CT molecular complexity index is 301. The maximum atomic E-state index is 9.37. The van der Waals surface area contributed by atoms with E-state index < -0.39 is 0 Å². The van der Waals surface area contributed by atoms with Crippen molar-refractivity contribution in [1.82, 2.24) is 0 Å². The first kappa shape index (κ1) is 8.08. The third-order valence-electron chi connectivity index (χ3n) is 2.05. The van der Waals surface area contributed by atoms with Gasteiger partial charge in [0.15, 0.2) is 0 Å². The lowest BCUT2D eigenvalue weighted by atomic mass is 10.0. The number of aliphatic hydroxyl groups is 1. The highest BCUT2D eigenvalue weighted by Gasteiger charge is 2.15.